The zero-order valence-corrected chi connectivity index (χ0v) is 10.4. The Kier molecular flexibility index (Phi) is 3.74. The summed E-state index contributed by atoms with van der Waals surface area (Å²) in [5, 5.41) is 12.8. The van der Waals surface area contributed by atoms with E-state index in [1.165, 1.54) is 11.3 Å². The number of alkyl halides is 1. The van der Waals surface area contributed by atoms with Crippen molar-refractivity contribution in [2.24, 2.45) is 0 Å². The number of rotatable bonds is 4. The maximum Gasteiger partial charge on any atom is 0.205 e. The third kappa shape index (κ3) is 2.93. The molecular weight excluding hydrogens is 242 g/mol. The van der Waals surface area contributed by atoms with Crippen LogP contribution in [0.5, 0.6) is 0 Å². The molecule has 3 nitrogen and oxygen atoms in total. The van der Waals surface area contributed by atoms with Crippen LogP contribution >= 0.6 is 22.9 Å². The van der Waals surface area contributed by atoms with Crippen LogP contribution in [0, 0.1) is 6.92 Å². The van der Waals surface area contributed by atoms with Gasteiger partial charge in [-0.3, -0.25) is 0 Å². The van der Waals surface area contributed by atoms with Gasteiger partial charge in [0.1, 0.15) is 5.01 Å². The Morgan fingerprint density at radius 2 is 2.06 bits per heavy atom. The lowest BCUT2D eigenvalue weighted by Crippen LogP contribution is -2.07. The molecule has 1 heterocycles. The van der Waals surface area contributed by atoms with E-state index in [-0.39, 0.29) is 5.38 Å². The zero-order valence-electron chi connectivity index (χ0n) is 8.85. The normalized spacial score (nSPS) is 12.4. The summed E-state index contributed by atoms with van der Waals surface area (Å²) in [6.45, 7) is 2.58. The molecular formula is C11H12ClN3S. The van der Waals surface area contributed by atoms with Crippen LogP contribution in [0.1, 0.15) is 15.9 Å². The van der Waals surface area contributed by atoms with Crippen molar-refractivity contribution in [3.05, 3.63) is 40.9 Å². The van der Waals surface area contributed by atoms with Crippen molar-refractivity contribution in [1.82, 2.24) is 10.2 Å². The summed E-state index contributed by atoms with van der Waals surface area (Å²) in [7, 11) is 0. The predicted octanol–water partition coefficient (Wildman–Crippen LogP) is 3.24. The van der Waals surface area contributed by atoms with Crippen LogP contribution in [-0.4, -0.2) is 16.7 Å². The number of nitrogens with one attached hydrogen (secondary N) is 1. The van der Waals surface area contributed by atoms with Crippen molar-refractivity contribution in [2.45, 2.75) is 12.3 Å². The Balaban J connectivity index is 1.91. The van der Waals surface area contributed by atoms with Crippen LogP contribution in [0.15, 0.2) is 30.3 Å². The molecule has 0 amide bonds. The quantitative estimate of drug-likeness (QED) is 0.850. The van der Waals surface area contributed by atoms with Gasteiger partial charge in [0.2, 0.25) is 5.13 Å². The monoisotopic (exact) mass is 253 g/mol. The molecule has 1 N–H and O–H groups in total. The molecule has 0 bridgehead atoms. The largest absolute Gasteiger partial charge is 0.358 e. The van der Waals surface area contributed by atoms with Gasteiger partial charge in [0, 0.05) is 6.54 Å². The second-order valence-electron chi connectivity index (χ2n) is 3.39. The summed E-state index contributed by atoms with van der Waals surface area (Å²) in [6.07, 6.45) is 0. The van der Waals surface area contributed by atoms with Crippen LogP contribution in [0.2, 0.25) is 0 Å². The molecule has 0 saturated heterocycles. The molecule has 2 aromatic rings. The second-order valence-corrected chi connectivity index (χ2v) is 5.09. The van der Waals surface area contributed by atoms with Crippen LogP contribution < -0.4 is 5.32 Å². The third-order valence-corrected chi connectivity index (χ3v) is 3.32. The lowest BCUT2D eigenvalue weighted by molar-refractivity contribution is 0.957. The fraction of sp³-hybridized carbons (Fsp3) is 0.273. The first-order valence-electron chi connectivity index (χ1n) is 4.98. The van der Waals surface area contributed by atoms with Crippen LogP contribution in [0.4, 0.5) is 5.13 Å². The fourth-order valence-electron chi connectivity index (χ4n) is 1.32. The van der Waals surface area contributed by atoms with Gasteiger partial charge in [-0.25, -0.2) is 0 Å². The molecule has 0 saturated carbocycles. The highest BCUT2D eigenvalue weighted by molar-refractivity contribution is 7.15. The molecule has 84 valence electrons. The molecule has 16 heavy (non-hydrogen) atoms. The van der Waals surface area contributed by atoms with E-state index in [0.29, 0.717) is 6.54 Å². The summed E-state index contributed by atoms with van der Waals surface area (Å²) in [4.78, 5) is 0. The lowest BCUT2D eigenvalue weighted by atomic mass is 10.1. The molecule has 2 rings (SSSR count). The molecule has 0 aliphatic rings. The highest BCUT2D eigenvalue weighted by atomic mass is 35.5. The van der Waals surface area contributed by atoms with E-state index in [1.54, 1.807) is 0 Å². The SMILES string of the molecule is Cc1nnc(NCC(Cl)c2ccccc2)s1. The molecule has 0 aliphatic carbocycles. The van der Waals surface area contributed by atoms with Crippen molar-refractivity contribution in [3.8, 4) is 0 Å². The van der Waals surface area contributed by atoms with E-state index in [9.17, 15) is 0 Å². The Labute approximate surface area is 103 Å². The minimum absolute atomic E-state index is 0.0505. The molecule has 0 radical (unpaired) electrons. The lowest BCUT2D eigenvalue weighted by Gasteiger charge is -2.09. The first kappa shape index (κ1) is 11.4. The fourth-order valence-corrected chi connectivity index (χ4v) is 2.15. The van der Waals surface area contributed by atoms with Crippen LogP contribution in [0.25, 0.3) is 0 Å². The summed E-state index contributed by atoms with van der Waals surface area (Å²) < 4.78 is 0. The van der Waals surface area contributed by atoms with Gasteiger partial charge in [-0.05, 0) is 12.5 Å². The number of nitrogens with zero attached hydrogens (tertiary/aromatic N) is 2. The zero-order chi connectivity index (χ0) is 11.4. The van der Waals surface area contributed by atoms with Crippen molar-refractivity contribution in [3.63, 3.8) is 0 Å². The van der Waals surface area contributed by atoms with Crippen molar-refractivity contribution < 1.29 is 0 Å². The molecule has 1 atom stereocenters. The van der Waals surface area contributed by atoms with Crippen molar-refractivity contribution in [1.29, 1.82) is 0 Å². The molecule has 1 aromatic heterocycles. The van der Waals surface area contributed by atoms with Gasteiger partial charge in [0.15, 0.2) is 0 Å². The van der Waals surface area contributed by atoms with E-state index in [0.717, 1.165) is 15.7 Å². The second kappa shape index (κ2) is 5.27. The standard InChI is InChI=1S/C11H12ClN3S/c1-8-14-15-11(16-8)13-7-10(12)9-5-3-2-4-6-9/h2-6,10H,7H2,1H3,(H,13,15). The molecule has 1 unspecified atom stereocenters. The number of hydrogen-bond acceptors (Lipinski definition) is 4. The minimum atomic E-state index is -0.0505. The first-order valence-corrected chi connectivity index (χ1v) is 6.24. The smallest absolute Gasteiger partial charge is 0.205 e. The maximum atomic E-state index is 6.26. The summed E-state index contributed by atoms with van der Waals surface area (Å²) in [6, 6.07) is 9.99. The topological polar surface area (TPSA) is 37.8 Å². The van der Waals surface area contributed by atoms with Crippen molar-refractivity contribution >= 4 is 28.1 Å². The number of aromatic nitrogens is 2. The van der Waals surface area contributed by atoms with Gasteiger partial charge in [-0.15, -0.1) is 21.8 Å². The van der Waals surface area contributed by atoms with Gasteiger partial charge >= 0.3 is 0 Å². The number of halogens is 1. The Hall–Kier alpha value is -1.13. The minimum Gasteiger partial charge on any atom is -0.358 e. The summed E-state index contributed by atoms with van der Waals surface area (Å²) in [5.74, 6) is 0. The van der Waals surface area contributed by atoms with Crippen LogP contribution in [-0.2, 0) is 0 Å². The molecule has 5 heteroatoms. The van der Waals surface area contributed by atoms with Gasteiger partial charge in [0.05, 0.1) is 5.38 Å². The van der Waals surface area contributed by atoms with Gasteiger partial charge < -0.3 is 5.32 Å². The summed E-state index contributed by atoms with van der Waals surface area (Å²) >= 11 is 7.79. The van der Waals surface area contributed by atoms with Crippen molar-refractivity contribution in [2.75, 3.05) is 11.9 Å². The van der Waals surface area contributed by atoms with E-state index >= 15 is 0 Å². The average Bonchev–Trinajstić information content (AvgIpc) is 2.73. The summed E-state index contributed by atoms with van der Waals surface area (Å²) in [5.41, 5.74) is 1.11. The molecule has 0 spiro atoms. The van der Waals surface area contributed by atoms with Gasteiger partial charge in [-0.1, -0.05) is 41.7 Å². The third-order valence-electron chi connectivity index (χ3n) is 2.12. The number of anilines is 1. The maximum absolute atomic E-state index is 6.26. The molecule has 0 fully saturated rings. The van der Waals surface area contributed by atoms with E-state index in [1.807, 2.05) is 37.3 Å². The highest BCUT2D eigenvalue weighted by Crippen LogP contribution is 2.21. The molecule has 0 aliphatic heterocycles. The van der Waals surface area contributed by atoms with E-state index < -0.39 is 0 Å². The average molecular weight is 254 g/mol. The number of aryl methyl sites for hydroxylation is 1. The predicted molar refractivity (Wildman–Crippen MR) is 68.2 cm³/mol. The molecule has 1 aromatic carbocycles. The van der Waals surface area contributed by atoms with Gasteiger partial charge in [-0.2, -0.15) is 0 Å². The number of benzene rings is 1. The Morgan fingerprint density at radius 3 is 2.69 bits per heavy atom. The van der Waals surface area contributed by atoms with E-state index in [2.05, 4.69) is 15.5 Å². The Bertz CT molecular complexity index is 444. The van der Waals surface area contributed by atoms with Crippen LogP contribution in [0.3, 0.4) is 0 Å². The first-order chi connectivity index (χ1) is 7.75. The van der Waals surface area contributed by atoms with Gasteiger partial charge in [0.25, 0.3) is 0 Å². The Morgan fingerprint density at radius 1 is 1.31 bits per heavy atom. The highest BCUT2D eigenvalue weighted by Gasteiger charge is 2.08. The number of hydrogen-bond donors (Lipinski definition) is 1. The van der Waals surface area contributed by atoms with E-state index in [4.69, 9.17) is 11.6 Å².